The molecule has 1 amide bonds. The number of hydrogen-bond donors (Lipinski definition) is 0. The average molecular weight is 444 g/mol. The van der Waals surface area contributed by atoms with Gasteiger partial charge in [0.25, 0.3) is 5.91 Å². The van der Waals surface area contributed by atoms with E-state index in [0.717, 1.165) is 35.9 Å². The van der Waals surface area contributed by atoms with Crippen molar-refractivity contribution in [3.05, 3.63) is 75.2 Å². The highest BCUT2D eigenvalue weighted by molar-refractivity contribution is 6.31. The average Bonchev–Trinajstić information content (AvgIpc) is 3.03. The predicted molar refractivity (Wildman–Crippen MR) is 120 cm³/mol. The topological polar surface area (TPSA) is 54.3 Å². The smallest absolute Gasteiger partial charge is 0.257 e. The van der Waals surface area contributed by atoms with Gasteiger partial charge in [0.05, 0.1) is 22.8 Å². The fourth-order valence-electron chi connectivity index (χ4n) is 3.80. The second-order valence-electron chi connectivity index (χ2n) is 7.41. The molecule has 1 aromatic carbocycles. The van der Waals surface area contributed by atoms with Gasteiger partial charge in [-0.2, -0.15) is 5.10 Å². The second-order valence-corrected chi connectivity index (χ2v) is 8.25. The number of nitrogens with zero attached hydrogens (tertiary/aromatic N) is 5. The number of pyridine rings is 1. The molecule has 156 valence electrons. The van der Waals surface area contributed by atoms with Crippen LogP contribution in [0.2, 0.25) is 10.0 Å². The number of anilines is 1. The first-order valence-corrected chi connectivity index (χ1v) is 10.6. The maximum atomic E-state index is 13.3. The number of carbonyl (C=O) groups is 1. The van der Waals surface area contributed by atoms with Crippen LogP contribution in [0.4, 0.5) is 5.82 Å². The predicted octanol–water partition coefficient (Wildman–Crippen LogP) is 4.21. The summed E-state index contributed by atoms with van der Waals surface area (Å²) in [4.78, 5) is 21.7. The van der Waals surface area contributed by atoms with Crippen molar-refractivity contribution in [3.8, 4) is 0 Å². The van der Waals surface area contributed by atoms with Gasteiger partial charge < -0.3 is 9.80 Å². The molecule has 1 fully saturated rings. The van der Waals surface area contributed by atoms with E-state index in [1.165, 1.54) is 0 Å². The molecule has 0 unspecified atom stereocenters. The molecule has 30 heavy (non-hydrogen) atoms. The van der Waals surface area contributed by atoms with Crippen molar-refractivity contribution in [2.24, 2.45) is 0 Å². The van der Waals surface area contributed by atoms with Crippen LogP contribution < -0.4 is 4.90 Å². The third-order valence-electron chi connectivity index (χ3n) is 5.48. The lowest BCUT2D eigenvalue weighted by Crippen LogP contribution is -2.49. The van der Waals surface area contributed by atoms with Crippen molar-refractivity contribution in [2.45, 2.75) is 20.4 Å². The lowest BCUT2D eigenvalue weighted by molar-refractivity contribution is 0.0745. The molecule has 1 saturated heterocycles. The van der Waals surface area contributed by atoms with Crippen LogP contribution >= 0.6 is 23.2 Å². The van der Waals surface area contributed by atoms with Crippen LogP contribution in [-0.4, -0.2) is 51.8 Å². The zero-order chi connectivity index (χ0) is 21.3. The normalized spacial score (nSPS) is 14.3. The zero-order valence-corrected chi connectivity index (χ0v) is 18.5. The van der Waals surface area contributed by atoms with Gasteiger partial charge in [0.2, 0.25) is 0 Å². The first-order chi connectivity index (χ1) is 14.4. The summed E-state index contributed by atoms with van der Waals surface area (Å²) in [6, 6.07) is 11.4. The molecule has 8 heteroatoms. The Labute approximate surface area is 186 Å². The minimum absolute atomic E-state index is 0.0270. The van der Waals surface area contributed by atoms with Crippen molar-refractivity contribution < 1.29 is 4.79 Å². The minimum atomic E-state index is 0.0270. The number of hydrogen-bond acceptors (Lipinski definition) is 4. The summed E-state index contributed by atoms with van der Waals surface area (Å²) in [6.07, 6.45) is 1.65. The van der Waals surface area contributed by atoms with Crippen molar-refractivity contribution in [1.82, 2.24) is 19.7 Å². The maximum absolute atomic E-state index is 13.3. The van der Waals surface area contributed by atoms with Crippen LogP contribution in [0.25, 0.3) is 0 Å². The van der Waals surface area contributed by atoms with Crippen LogP contribution in [0.1, 0.15) is 27.3 Å². The summed E-state index contributed by atoms with van der Waals surface area (Å²) in [5, 5.41) is 5.93. The molecule has 4 rings (SSSR count). The molecule has 1 aliphatic rings. The van der Waals surface area contributed by atoms with Gasteiger partial charge in [-0.25, -0.2) is 4.98 Å². The van der Waals surface area contributed by atoms with Gasteiger partial charge in [0.1, 0.15) is 5.82 Å². The Morgan fingerprint density at radius 3 is 2.43 bits per heavy atom. The van der Waals surface area contributed by atoms with E-state index in [9.17, 15) is 4.79 Å². The molecule has 0 aliphatic carbocycles. The summed E-state index contributed by atoms with van der Waals surface area (Å²) < 4.78 is 1.86. The highest BCUT2D eigenvalue weighted by Crippen LogP contribution is 2.22. The van der Waals surface area contributed by atoms with Gasteiger partial charge in [-0.3, -0.25) is 9.48 Å². The first-order valence-electron chi connectivity index (χ1n) is 9.87. The number of piperazine rings is 1. The Balaban J connectivity index is 1.47. The highest BCUT2D eigenvalue weighted by Gasteiger charge is 2.27. The molecule has 0 bridgehead atoms. The van der Waals surface area contributed by atoms with Crippen LogP contribution in [0.3, 0.4) is 0 Å². The number of amides is 1. The highest BCUT2D eigenvalue weighted by atomic mass is 35.5. The third-order valence-corrected chi connectivity index (χ3v) is 6.07. The Morgan fingerprint density at radius 2 is 1.77 bits per heavy atom. The summed E-state index contributed by atoms with van der Waals surface area (Å²) in [5.74, 6) is 0.908. The Kier molecular flexibility index (Phi) is 5.97. The van der Waals surface area contributed by atoms with Gasteiger partial charge in [-0.05, 0) is 37.6 Å². The lowest BCUT2D eigenvalue weighted by Gasteiger charge is -2.35. The summed E-state index contributed by atoms with van der Waals surface area (Å²) in [5.41, 5.74) is 3.26. The molecule has 2 aromatic heterocycles. The summed E-state index contributed by atoms with van der Waals surface area (Å²) in [7, 11) is 0. The maximum Gasteiger partial charge on any atom is 0.257 e. The Morgan fingerprint density at radius 1 is 1.03 bits per heavy atom. The number of benzene rings is 1. The van der Waals surface area contributed by atoms with Gasteiger partial charge >= 0.3 is 0 Å². The van der Waals surface area contributed by atoms with E-state index in [1.54, 1.807) is 6.20 Å². The third kappa shape index (κ3) is 4.16. The van der Waals surface area contributed by atoms with E-state index in [4.69, 9.17) is 23.2 Å². The largest absolute Gasteiger partial charge is 0.353 e. The zero-order valence-electron chi connectivity index (χ0n) is 17.0. The fraction of sp³-hybridized carbons (Fsp3) is 0.318. The lowest BCUT2D eigenvalue weighted by atomic mass is 10.1. The minimum Gasteiger partial charge on any atom is -0.353 e. The number of carbonyl (C=O) groups excluding carboxylic acids is 1. The van der Waals surface area contributed by atoms with Gasteiger partial charge in [-0.1, -0.05) is 41.4 Å². The van der Waals surface area contributed by atoms with E-state index < -0.39 is 0 Å². The Hall–Kier alpha value is -2.57. The number of aryl methyl sites for hydroxylation is 1. The molecule has 0 N–H and O–H groups in total. The van der Waals surface area contributed by atoms with Crippen molar-refractivity contribution >= 4 is 34.9 Å². The van der Waals surface area contributed by atoms with Crippen molar-refractivity contribution in [1.29, 1.82) is 0 Å². The fourth-order valence-corrected chi connectivity index (χ4v) is 4.11. The van der Waals surface area contributed by atoms with Gasteiger partial charge in [-0.15, -0.1) is 0 Å². The van der Waals surface area contributed by atoms with E-state index in [-0.39, 0.29) is 5.91 Å². The molecule has 3 heterocycles. The summed E-state index contributed by atoms with van der Waals surface area (Å²) >= 11 is 12.2. The first kappa shape index (κ1) is 20.7. The van der Waals surface area contributed by atoms with Gasteiger partial charge in [0.15, 0.2) is 0 Å². The molecule has 0 radical (unpaired) electrons. The van der Waals surface area contributed by atoms with Crippen LogP contribution in [0.5, 0.6) is 0 Å². The molecule has 1 aliphatic heterocycles. The van der Waals surface area contributed by atoms with E-state index >= 15 is 0 Å². The Bertz CT molecular complexity index is 1060. The molecular formula is C22H23Cl2N5O. The van der Waals surface area contributed by atoms with Crippen LogP contribution in [0.15, 0.2) is 42.6 Å². The second kappa shape index (κ2) is 8.66. The van der Waals surface area contributed by atoms with Crippen molar-refractivity contribution in [2.75, 3.05) is 31.1 Å². The van der Waals surface area contributed by atoms with E-state index in [2.05, 4.69) is 15.0 Å². The molecular weight excluding hydrogens is 421 g/mol. The van der Waals surface area contributed by atoms with E-state index in [0.29, 0.717) is 35.2 Å². The number of halogens is 2. The molecule has 0 atom stereocenters. The van der Waals surface area contributed by atoms with Crippen LogP contribution in [0, 0.1) is 13.8 Å². The number of aromatic nitrogens is 3. The van der Waals surface area contributed by atoms with Crippen LogP contribution in [-0.2, 0) is 6.54 Å². The summed E-state index contributed by atoms with van der Waals surface area (Å²) in [6.45, 7) is 7.10. The molecule has 0 saturated carbocycles. The monoisotopic (exact) mass is 443 g/mol. The SMILES string of the molecule is Cc1nn(Cc2ccccc2Cl)c(C)c1C(=O)N1CCN(c2ccc(Cl)cn2)CC1. The molecule has 6 nitrogen and oxygen atoms in total. The van der Waals surface area contributed by atoms with E-state index in [1.807, 2.05) is 59.8 Å². The quantitative estimate of drug-likeness (QED) is 0.605. The van der Waals surface area contributed by atoms with Gasteiger partial charge in [0, 0.05) is 43.1 Å². The molecule has 3 aromatic rings. The standard InChI is InChI=1S/C22H23Cl2N5O/c1-15-21(16(2)29(26-15)14-17-5-3-4-6-19(17)24)22(30)28-11-9-27(10-12-28)20-8-7-18(23)13-25-20/h3-8,13H,9-12,14H2,1-2H3. The molecule has 0 spiro atoms. The number of rotatable bonds is 4. The van der Waals surface area contributed by atoms with Crippen molar-refractivity contribution in [3.63, 3.8) is 0 Å².